The SMILES string of the molecule is CC[C@H](C)c1ccc(NC(=O)c2cc3cccc(OC)c3o2)cc1. The third-order valence-corrected chi connectivity index (χ3v) is 4.30. The van der Waals surface area contributed by atoms with Crippen LogP contribution < -0.4 is 10.1 Å². The molecule has 0 aliphatic carbocycles. The highest BCUT2D eigenvalue weighted by Gasteiger charge is 2.15. The molecule has 0 fully saturated rings. The molecule has 0 saturated heterocycles. The Balaban J connectivity index is 1.80. The van der Waals surface area contributed by atoms with Crippen molar-refractivity contribution in [2.45, 2.75) is 26.2 Å². The fourth-order valence-corrected chi connectivity index (χ4v) is 2.63. The van der Waals surface area contributed by atoms with Crippen molar-refractivity contribution in [3.63, 3.8) is 0 Å². The monoisotopic (exact) mass is 323 g/mol. The van der Waals surface area contributed by atoms with Crippen LogP contribution in [0.5, 0.6) is 5.75 Å². The lowest BCUT2D eigenvalue weighted by Gasteiger charge is -2.10. The molecular formula is C20H21NO3. The number of carbonyl (C=O) groups excluding carboxylic acids is 1. The van der Waals surface area contributed by atoms with Crippen molar-refractivity contribution in [2.24, 2.45) is 0 Å². The van der Waals surface area contributed by atoms with E-state index < -0.39 is 0 Å². The van der Waals surface area contributed by atoms with Gasteiger partial charge in [0.1, 0.15) is 0 Å². The van der Waals surface area contributed by atoms with Gasteiger partial charge < -0.3 is 14.5 Å². The van der Waals surface area contributed by atoms with Gasteiger partial charge >= 0.3 is 0 Å². The number of nitrogens with one attached hydrogen (secondary N) is 1. The molecule has 0 bridgehead atoms. The summed E-state index contributed by atoms with van der Waals surface area (Å²) >= 11 is 0. The van der Waals surface area contributed by atoms with Crippen LogP contribution in [0.15, 0.2) is 52.9 Å². The largest absolute Gasteiger partial charge is 0.493 e. The molecule has 1 N–H and O–H groups in total. The summed E-state index contributed by atoms with van der Waals surface area (Å²) in [6, 6.07) is 15.2. The van der Waals surface area contributed by atoms with Gasteiger partial charge in [0.2, 0.25) is 0 Å². The summed E-state index contributed by atoms with van der Waals surface area (Å²) in [5.41, 5.74) is 2.60. The second-order valence-electron chi connectivity index (χ2n) is 5.87. The van der Waals surface area contributed by atoms with Crippen LogP contribution in [0.2, 0.25) is 0 Å². The van der Waals surface area contributed by atoms with E-state index in [4.69, 9.17) is 9.15 Å². The van der Waals surface area contributed by atoms with Gasteiger partial charge in [-0.1, -0.05) is 38.1 Å². The zero-order chi connectivity index (χ0) is 17.1. The molecule has 3 aromatic rings. The lowest BCUT2D eigenvalue weighted by molar-refractivity contribution is 0.0998. The third kappa shape index (κ3) is 3.13. The minimum atomic E-state index is -0.274. The quantitative estimate of drug-likeness (QED) is 0.701. The number of hydrogen-bond donors (Lipinski definition) is 1. The molecule has 1 heterocycles. The van der Waals surface area contributed by atoms with Crippen LogP contribution in [0, 0.1) is 0 Å². The van der Waals surface area contributed by atoms with Crippen molar-refractivity contribution < 1.29 is 13.9 Å². The van der Waals surface area contributed by atoms with Gasteiger partial charge in [-0.05, 0) is 42.2 Å². The molecule has 0 spiro atoms. The first kappa shape index (κ1) is 16.1. The summed E-state index contributed by atoms with van der Waals surface area (Å²) in [5, 5.41) is 3.71. The predicted octanol–water partition coefficient (Wildman–Crippen LogP) is 5.21. The van der Waals surface area contributed by atoms with Crippen molar-refractivity contribution in [1.29, 1.82) is 0 Å². The Morgan fingerprint density at radius 3 is 2.62 bits per heavy atom. The van der Waals surface area contributed by atoms with Crippen LogP contribution in [0.4, 0.5) is 5.69 Å². The first-order chi connectivity index (χ1) is 11.6. The highest BCUT2D eigenvalue weighted by molar-refractivity contribution is 6.05. The van der Waals surface area contributed by atoms with Gasteiger partial charge in [0.15, 0.2) is 17.1 Å². The Morgan fingerprint density at radius 1 is 1.21 bits per heavy atom. The van der Waals surface area contributed by atoms with Crippen LogP contribution in [-0.2, 0) is 0 Å². The van der Waals surface area contributed by atoms with Crippen molar-refractivity contribution >= 4 is 22.6 Å². The van der Waals surface area contributed by atoms with Crippen molar-refractivity contribution in [3.05, 3.63) is 59.9 Å². The van der Waals surface area contributed by atoms with E-state index in [-0.39, 0.29) is 11.7 Å². The lowest BCUT2D eigenvalue weighted by Crippen LogP contribution is -2.10. The smallest absolute Gasteiger partial charge is 0.291 e. The van der Waals surface area contributed by atoms with Crippen molar-refractivity contribution in [1.82, 2.24) is 0 Å². The number of amides is 1. The number of carbonyl (C=O) groups is 1. The van der Waals surface area contributed by atoms with E-state index in [1.165, 1.54) is 5.56 Å². The average molecular weight is 323 g/mol. The fraction of sp³-hybridized carbons (Fsp3) is 0.250. The normalized spacial score (nSPS) is 12.1. The topological polar surface area (TPSA) is 51.5 Å². The molecular weight excluding hydrogens is 302 g/mol. The number of benzene rings is 2. The molecule has 0 unspecified atom stereocenters. The van der Waals surface area contributed by atoms with E-state index in [1.807, 2.05) is 36.4 Å². The zero-order valence-electron chi connectivity index (χ0n) is 14.1. The Kier molecular flexibility index (Phi) is 4.56. The second-order valence-corrected chi connectivity index (χ2v) is 5.87. The number of methoxy groups -OCH3 is 1. The Morgan fingerprint density at radius 2 is 1.96 bits per heavy atom. The Hall–Kier alpha value is -2.75. The number of anilines is 1. The van der Waals surface area contributed by atoms with Gasteiger partial charge in [-0.15, -0.1) is 0 Å². The Bertz CT molecular complexity index is 849. The summed E-state index contributed by atoms with van der Waals surface area (Å²) in [7, 11) is 1.58. The molecule has 3 rings (SSSR count). The molecule has 0 aliphatic heterocycles. The van der Waals surface area contributed by atoms with Gasteiger partial charge in [0, 0.05) is 11.1 Å². The van der Waals surface area contributed by atoms with E-state index >= 15 is 0 Å². The summed E-state index contributed by atoms with van der Waals surface area (Å²) < 4.78 is 10.9. The number of ether oxygens (including phenoxy) is 1. The van der Waals surface area contributed by atoms with E-state index in [9.17, 15) is 4.79 Å². The molecule has 0 saturated carbocycles. The second kappa shape index (κ2) is 6.79. The standard InChI is InChI=1S/C20H21NO3/c1-4-13(2)14-8-10-16(11-9-14)21-20(22)18-12-15-6-5-7-17(23-3)19(15)24-18/h5-13H,4H2,1-3H3,(H,21,22)/t13-/m0/s1. The summed E-state index contributed by atoms with van der Waals surface area (Å²) in [5.74, 6) is 1.12. The molecule has 1 amide bonds. The number of hydrogen-bond acceptors (Lipinski definition) is 3. The van der Waals surface area contributed by atoms with Crippen LogP contribution >= 0.6 is 0 Å². The van der Waals surface area contributed by atoms with Gasteiger partial charge in [-0.3, -0.25) is 4.79 Å². The maximum Gasteiger partial charge on any atom is 0.291 e. The van der Waals surface area contributed by atoms with E-state index in [0.29, 0.717) is 17.3 Å². The van der Waals surface area contributed by atoms with Crippen LogP contribution in [-0.4, -0.2) is 13.0 Å². The maximum absolute atomic E-state index is 12.4. The highest BCUT2D eigenvalue weighted by atomic mass is 16.5. The molecule has 0 radical (unpaired) electrons. The lowest BCUT2D eigenvalue weighted by atomic mass is 9.99. The number of furan rings is 1. The molecule has 0 aliphatic rings. The number of fused-ring (bicyclic) bond motifs is 1. The van der Waals surface area contributed by atoms with Gasteiger partial charge in [-0.2, -0.15) is 0 Å². The summed E-state index contributed by atoms with van der Waals surface area (Å²) in [6.07, 6.45) is 1.09. The highest BCUT2D eigenvalue weighted by Crippen LogP contribution is 2.29. The van der Waals surface area contributed by atoms with Gasteiger partial charge in [-0.25, -0.2) is 0 Å². The number of para-hydroxylation sites is 1. The zero-order valence-corrected chi connectivity index (χ0v) is 14.1. The molecule has 4 heteroatoms. The molecule has 1 aromatic heterocycles. The van der Waals surface area contributed by atoms with Crippen LogP contribution in [0.1, 0.15) is 42.3 Å². The van der Waals surface area contributed by atoms with Crippen molar-refractivity contribution in [2.75, 3.05) is 12.4 Å². The first-order valence-corrected chi connectivity index (χ1v) is 8.10. The first-order valence-electron chi connectivity index (χ1n) is 8.10. The summed E-state index contributed by atoms with van der Waals surface area (Å²) in [6.45, 7) is 4.35. The van der Waals surface area contributed by atoms with Gasteiger partial charge in [0.05, 0.1) is 7.11 Å². The van der Waals surface area contributed by atoms with Crippen LogP contribution in [0.25, 0.3) is 11.0 Å². The molecule has 124 valence electrons. The predicted molar refractivity (Wildman–Crippen MR) is 95.9 cm³/mol. The minimum absolute atomic E-state index is 0.264. The van der Waals surface area contributed by atoms with E-state index in [1.54, 1.807) is 19.2 Å². The third-order valence-electron chi connectivity index (χ3n) is 4.30. The van der Waals surface area contributed by atoms with E-state index in [2.05, 4.69) is 19.2 Å². The molecule has 24 heavy (non-hydrogen) atoms. The Labute approximate surface area is 141 Å². The average Bonchev–Trinajstić information content (AvgIpc) is 3.06. The fourth-order valence-electron chi connectivity index (χ4n) is 2.63. The number of rotatable bonds is 5. The van der Waals surface area contributed by atoms with Crippen molar-refractivity contribution in [3.8, 4) is 5.75 Å². The molecule has 2 aromatic carbocycles. The van der Waals surface area contributed by atoms with E-state index in [0.717, 1.165) is 17.5 Å². The van der Waals surface area contributed by atoms with Crippen LogP contribution in [0.3, 0.4) is 0 Å². The minimum Gasteiger partial charge on any atom is -0.493 e. The van der Waals surface area contributed by atoms with Gasteiger partial charge in [0.25, 0.3) is 5.91 Å². The summed E-state index contributed by atoms with van der Waals surface area (Å²) in [4.78, 5) is 12.4. The molecule has 4 nitrogen and oxygen atoms in total. The molecule has 1 atom stereocenters. The maximum atomic E-state index is 12.4.